The van der Waals surface area contributed by atoms with E-state index in [1.165, 1.54) is 0 Å². The van der Waals surface area contributed by atoms with Crippen LogP contribution in [0.25, 0.3) is 72.7 Å². The van der Waals surface area contributed by atoms with Gasteiger partial charge in [-0.05, 0) is 151 Å². The number of rotatable bonds is 8. The highest BCUT2D eigenvalue weighted by atomic mass is 16.3. The predicted octanol–water partition coefficient (Wildman–Crippen LogP) is 17.2. The molecule has 338 valence electrons. The molecule has 0 fully saturated rings. The number of phenolic OH excluding ortho intramolecular Hbond substituents is 1. The fourth-order valence-electron chi connectivity index (χ4n) is 8.32. The minimum atomic E-state index is -2.99. The minimum Gasteiger partial charge on any atom is -0.507 e. The Morgan fingerprint density at radius 2 is 1.24 bits per heavy atom. The smallest absolute Gasteiger partial charge is 0.149 e. The molecule has 4 heteroatoms. The maximum absolute atomic E-state index is 12.4. The highest BCUT2D eigenvalue weighted by molar-refractivity contribution is 5.97. The number of hydrogen-bond donors (Lipinski definition) is 1. The number of pyridine rings is 1. The molecule has 0 bridgehead atoms. The molecule has 0 aliphatic carbocycles. The molecule has 6 aromatic carbocycles. The Kier molecular flexibility index (Phi) is 8.44. The Labute approximate surface area is 413 Å². The standard InChI is InChI=1S/C62H69N3O/c1-37(2)44-33-52(38(3)4)58(66)53(34-44)59-64-57-51(46-28-47(32-48(31-46)60(7,8)9)54-35-43(25-26-63-54)41-21-19-39(5)20-22-41)17-16-18-56(57)65(59)55-24-23-42(27-40(55)6)45-29-49(61(10,11)12)36-50(30-45)62(13,14)15/h16-38,66H,1-15H3/i5D3,6D3,19D,20D,21D,22D,25D,26D,35D. The zero-order valence-corrected chi connectivity index (χ0v) is 40.5. The van der Waals surface area contributed by atoms with E-state index in [9.17, 15) is 6.48 Å². The summed E-state index contributed by atoms with van der Waals surface area (Å²) in [7, 11) is 0. The molecular formula is C62H69N3O. The molecule has 2 aromatic heterocycles. The van der Waals surface area contributed by atoms with Crippen molar-refractivity contribution in [1.29, 1.82) is 0 Å². The summed E-state index contributed by atoms with van der Waals surface area (Å²) in [5.41, 5.74) is 6.79. The summed E-state index contributed by atoms with van der Waals surface area (Å²) in [4.78, 5) is 9.87. The topological polar surface area (TPSA) is 50.9 Å². The zero-order valence-electron chi connectivity index (χ0n) is 53.5. The van der Waals surface area contributed by atoms with Gasteiger partial charge in [0.1, 0.15) is 11.6 Å². The number of hydrogen-bond acceptors (Lipinski definition) is 3. The van der Waals surface area contributed by atoms with Crippen LogP contribution in [0.1, 0.15) is 159 Å². The number of phenols is 1. The first-order valence-electron chi connectivity index (χ1n) is 29.3. The van der Waals surface area contributed by atoms with Crippen molar-refractivity contribution in [2.75, 3.05) is 0 Å². The first-order valence-corrected chi connectivity index (χ1v) is 22.8. The van der Waals surface area contributed by atoms with E-state index in [4.69, 9.17) is 21.4 Å². The molecule has 0 saturated carbocycles. The third-order valence-electron chi connectivity index (χ3n) is 12.5. The van der Waals surface area contributed by atoms with Crippen molar-refractivity contribution in [2.24, 2.45) is 0 Å². The van der Waals surface area contributed by atoms with Crippen molar-refractivity contribution in [1.82, 2.24) is 14.5 Å². The van der Waals surface area contributed by atoms with E-state index in [2.05, 4.69) is 78.6 Å². The molecule has 2 heterocycles. The number of benzene rings is 6. The van der Waals surface area contributed by atoms with Gasteiger partial charge in [0.25, 0.3) is 0 Å². The van der Waals surface area contributed by atoms with Crippen molar-refractivity contribution < 1.29 is 22.9 Å². The van der Waals surface area contributed by atoms with Crippen LogP contribution in [-0.2, 0) is 16.2 Å². The summed E-state index contributed by atoms with van der Waals surface area (Å²) in [5.74, 6) is 0.266. The molecule has 0 aliphatic heterocycles. The van der Waals surface area contributed by atoms with Crippen molar-refractivity contribution in [3.63, 3.8) is 0 Å². The number of imidazole rings is 1. The first-order chi connectivity index (χ1) is 36.3. The molecule has 0 amide bonds. The lowest BCUT2D eigenvalue weighted by atomic mass is 9.79. The lowest BCUT2D eigenvalue weighted by Crippen LogP contribution is -2.16. The molecule has 0 radical (unpaired) electrons. The van der Waals surface area contributed by atoms with Gasteiger partial charge in [0.15, 0.2) is 0 Å². The van der Waals surface area contributed by atoms with Crippen molar-refractivity contribution in [2.45, 2.75) is 132 Å². The maximum atomic E-state index is 12.4. The highest BCUT2D eigenvalue weighted by Crippen LogP contribution is 2.44. The average molecular weight is 885 g/mol. The highest BCUT2D eigenvalue weighted by Gasteiger charge is 2.26. The SMILES string of the molecule is [2H]c1nc(-c2cc(-c3cccc4c3nc(-c3cc(C(C)C)cc(C(C)C)c3O)n4-c3ccc(-c4cc(C(C)(C)C)cc(C(C)(C)C)c4)cc3C([2H])([2H])[2H])cc(C(C)(C)C)c2)c([2H])c(-c2c([2H])c([2H])c(C([2H])([2H])[2H])c([2H])c2[2H])c1[2H]. The third-order valence-corrected chi connectivity index (χ3v) is 12.5. The molecule has 8 aromatic rings. The number of fused-ring (bicyclic) bond motifs is 1. The molecule has 0 aliphatic rings. The molecule has 8 rings (SSSR count). The van der Waals surface area contributed by atoms with Gasteiger partial charge in [0, 0.05) is 25.5 Å². The second-order valence-electron chi connectivity index (χ2n) is 21.3. The van der Waals surface area contributed by atoms with E-state index < -0.39 is 78.2 Å². The molecule has 66 heavy (non-hydrogen) atoms. The largest absolute Gasteiger partial charge is 0.507 e. The van der Waals surface area contributed by atoms with Gasteiger partial charge < -0.3 is 5.11 Å². The van der Waals surface area contributed by atoms with E-state index in [1.807, 2.05) is 93.8 Å². The normalized spacial score (nSPS) is 15.7. The van der Waals surface area contributed by atoms with E-state index in [0.29, 0.717) is 50.4 Å². The van der Waals surface area contributed by atoms with Crippen molar-refractivity contribution in [3.8, 4) is 67.5 Å². The van der Waals surface area contributed by atoms with E-state index >= 15 is 0 Å². The monoisotopic (exact) mass is 885 g/mol. The Morgan fingerprint density at radius 1 is 0.591 bits per heavy atom. The van der Waals surface area contributed by atoms with Gasteiger partial charge in [0.2, 0.25) is 0 Å². The molecule has 0 unspecified atom stereocenters. The fourth-order valence-corrected chi connectivity index (χ4v) is 8.32. The van der Waals surface area contributed by atoms with Crippen molar-refractivity contribution >= 4 is 11.0 Å². The van der Waals surface area contributed by atoms with Crippen LogP contribution in [0, 0.1) is 13.7 Å². The summed E-state index contributed by atoms with van der Waals surface area (Å²) in [6, 6.07) is 22.7. The molecule has 0 atom stereocenters. The Balaban J connectivity index is 1.46. The number of nitrogens with zero attached hydrogens (tertiary/aromatic N) is 3. The Bertz CT molecular complexity index is 3690. The van der Waals surface area contributed by atoms with Crippen LogP contribution in [-0.4, -0.2) is 19.6 Å². The lowest BCUT2D eigenvalue weighted by molar-refractivity contribution is 0.466. The number of aromatic nitrogens is 3. The first kappa shape index (κ1) is 32.4. The summed E-state index contributed by atoms with van der Waals surface area (Å²) in [6.07, 6.45) is -0.609. The van der Waals surface area contributed by atoms with Crippen LogP contribution in [0.5, 0.6) is 5.75 Å². The quantitative estimate of drug-likeness (QED) is 0.165. The summed E-state index contributed by atoms with van der Waals surface area (Å²) < 4.78 is 116. The van der Waals surface area contributed by atoms with E-state index in [1.54, 1.807) is 12.1 Å². The number of aryl methyl sites for hydroxylation is 1. The zero-order chi connectivity index (χ0) is 58.7. The maximum Gasteiger partial charge on any atom is 0.149 e. The fraction of sp³-hybridized carbons (Fsp3) is 0.323. The van der Waals surface area contributed by atoms with Gasteiger partial charge >= 0.3 is 0 Å². The molecule has 4 nitrogen and oxygen atoms in total. The summed E-state index contributed by atoms with van der Waals surface area (Å²) >= 11 is 0. The molecular weight excluding hydrogens is 803 g/mol. The van der Waals surface area contributed by atoms with Crippen LogP contribution in [0.2, 0.25) is 0 Å². The van der Waals surface area contributed by atoms with Gasteiger partial charge in [-0.1, -0.05) is 168 Å². The van der Waals surface area contributed by atoms with Gasteiger partial charge in [-0.2, -0.15) is 0 Å². The predicted molar refractivity (Wildman–Crippen MR) is 281 cm³/mol. The van der Waals surface area contributed by atoms with Gasteiger partial charge in [0.05, 0.1) is 37.6 Å². The van der Waals surface area contributed by atoms with Crippen LogP contribution >= 0.6 is 0 Å². The average Bonchev–Trinajstić information content (AvgIpc) is 3.81. The van der Waals surface area contributed by atoms with Crippen LogP contribution in [0.3, 0.4) is 0 Å². The molecule has 1 N–H and O–H groups in total. The van der Waals surface area contributed by atoms with Crippen molar-refractivity contribution in [3.05, 3.63) is 166 Å². The van der Waals surface area contributed by atoms with Gasteiger partial charge in [-0.15, -0.1) is 0 Å². The van der Waals surface area contributed by atoms with Gasteiger partial charge in [-0.25, -0.2) is 4.98 Å². The number of para-hydroxylation sites is 1. The second kappa shape index (κ2) is 17.2. The lowest BCUT2D eigenvalue weighted by Gasteiger charge is -2.26. The summed E-state index contributed by atoms with van der Waals surface area (Å²) in [5, 5.41) is 12.4. The minimum absolute atomic E-state index is 0.0129. The van der Waals surface area contributed by atoms with Gasteiger partial charge in [-0.3, -0.25) is 9.55 Å². The van der Waals surface area contributed by atoms with E-state index in [0.717, 1.165) is 33.4 Å². The second-order valence-corrected chi connectivity index (χ2v) is 21.3. The van der Waals surface area contributed by atoms with Crippen LogP contribution in [0.15, 0.2) is 127 Å². The van der Waals surface area contributed by atoms with Crippen LogP contribution in [0.4, 0.5) is 0 Å². The number of aromatic hydroxyl groups is 1. The Morgan fingerprint density at radius 3 is 1.86 bits per heavy atom. The molecule has 0 spiro atoms. The third kappa shape index (κ3) is 9.12. The van der Waals surface area contributed by atoms with E-state index in [-0.39, 0.29) is 39.7 Å². The molecule has 0 saturated heterocycles. The summed E-state index contributed by atoms with van der Waals surface area (Å²) in [6.45, 7) is 21.5. The van der Waals surface area contributed by atoms with Crippen LogP contribution < -0.4 is 0 Å². The Hall–Kier alpha value is -6.26.